The van der Waals surface area contributed by atoms with Gasteiger partial charge in [-0.05, 0) is 60.5 Å². The minimum atomic E-state index is -0.185. The maximum Gasteiger partial charge on any atom is 0.227 e. The fourth-order valence-corrected chi connectivity index (χ4v) is 3.04. The number of carbonyl (C=O) groups excluding carboxylic acids is 1. The number of rotatable bonds is 8. The minimum Gasteiger partial charge on any atom is -0.493 e. The van der Waals surface area contributed by atoms with Crippen molar-refractivity contribution in [2.75, 3.05) is 24.9 Å². The quantitative estimate of drug-likeness (QED) is 0.550. The average molecular weight is 390 g/mol. The molecule has 3 rings (SSSR count). The summed E-state index contributed by atoms with van der Waals surface area (Å²) in [6, 6.07) is 23.4. The van der Waals surface area contributed by atoms with Gasteiger partial charge >= 0.3 is 0 Å². The van der Waals surface area contributed by atoms with E-state index in [9.17, 15) is 4.79 Å². The highest BCUT2D eigenvalue weighted by molar-refractivity contribution is 5.92. The van der Waals surface area contributed by atoms with E-state index in [-0.39, 0.29) is 11.8 Å². The predicted molar refractivity (Wildman–Crippen MR) is 117 cm³/mol. The summed E-state index contributed by atoms with van der Waals surface area (Å²) in [7, 11) is 3.21. The van der Waals surface area contributed by atoms with Gasteiger partial charge in [0.25, 0.3) is 0 Å². The van der Waals surface area contributed by atoms with Crippen molar-refractivity contribution in [2.45, 2.75) is 13.3 Å². The first-order valence-corrected chi connectivity index (χ1v) is 9.53. The van der Waals surface area contributed by atoms with Gasteiger partial charge in [0.05, 0.1) is 14.2 Å². The van der Waals surface area contributed by atoms with Gasteiger partial charge in [-0.2, -0.15) is 0 Å². The van der Waals surface area contributed by atoms with Crippen LogP contribution < -0.4 is 20.1 Å². The van der Waals surface area contributed by atoms with Crippen LogP contribution in [-0.4, -0.2) is 20.1 Å². The Morgan fingerprint density at radius 3 is 2.10 bits per heavy atom. The summed E-state index contributed by atoms with van der Waals surface area (Å²) in [4.78, 5) is 12.6. The molecule has 150 valence electrons. The highest BCUT2D eigenvalue weighted by atomic mass is 16.5. The monoisotopic (exact) mass is 390 g/mol. The van der Waals surface area contributed by atoms with Crippen molar-refractivity contribution < 1.29 is 14.3 Å². The summed E-state index contributed by atoms with van der Waals surface area (Å²) in [5, 5.41) is 6.31. The lowest BCUT2D eigenvalue weighted by molar-refractivity contribution is -0.119. The number of ether oxygens (including phenoxy) is 2. The Bertz CT molecular complexity index is 940. The summed E-state index contributed by atoms with van der Waals surface area (Å²) in [6.45, 7) is 1.91. The molecule has 0 bridgehead atoms. The van der Waals surface area contributed by atoms with Gasteiger partial charge in [-0.25, -0.2) is 0 Å². The molecule has 0 saturated heterocycles. The lowest BCUT2D eigenvalue weighted by Crippen LogP contribution is -2.22. The highest BCUT2D eigenvalue weighted by Gasteiger charge is 2.15. The zero-order valence-electron chi connectivity index (χ0n) is 16.9. The summed E-state index contributed by atoms with van der Waals surface area (Å²) in [5.41, 5.74) is 3.78. The molecule has 0 saturated carbocycles. The Morgan fingerprint density at radius 2 is 1.45 bits per heavy atom. The van der Waals surface area contributed by atoms with Crippen LogP contribution in [0.15, 0.2) is 72.8 Å². The van der Waals surface area contributed by atoms with E-state index in [2.05, 4.69) is 10.6 Å². The molecule has 2 N–H and O–H groups in total. The first kappa shape index (κ1) is 20.3. The lowest BCUT2D eigenvalue weighted by Gasteiger charge is -2.14. The van der Waals surface area contributed by atoms with Crippen molar-refractivity contribution >= 4 is 23.0 Å². The van der Waals surface area contributed by atoms with Gasteiger partial charge in [0.15, 0.2) is 11.5 Å². The Morgan fingerprint density at radius 1 is 0.828 bits per heavy atom. The molecule has 5 nitrogen and oxygen atoms in total. The number of para-hydroxylation sites is 1. The number of hydrogen-bond donors (Lipinski definition) is 2. The van der Waals surface area contributed by atoms with Crippen LogP contribution in [0.2, 0.25) is 0 Å². The molecule has 29 heavy (non-hydrogen) atoms. The molecule has 0 aliphatic heterocycles. The largest absolute Gasteiger partial charge is 0.493 e. The molecular formula is C24H26N2O3. The van der Waals surface area contributed by atoms with Crippen LogP contribution >= 0.6 is 0 Å². The van der Waals surface area contributed by atoms with Crippen LogP contribution in [0, 0.1) is 5.92 Å². The molecule has 0 aliphatic carbocycles. The zero-order chi connectivity index (χ0) is 20.6. The van der Waals surface area contributed by atoms with E-state index in [4.69, 9.17) is 9.47 Å². The number of anilines is 3. The van der Waals surface area contributed by atoms with Crippen molar-refractivity contribution in [3.63, 3.8) is 0 Å². The molecule has 1 atom stereocenters. The van der Waals surface area contributed by atoms with Gasteiger partial charge in [-0.15, -0.1) is 0 Å². The maximum atomic E-state index is 12.6. The topological polar surface area (TPSA) is 59.6 Å². The molecule has 3 aromatic carbocycles. The van der Waals surface area contributed by atoms with Gasteiger partial charge in [0.2, 0.25) is 5.91 Å². The smallest absolute Gasteiger partial charge is 0.227 e. The molecule has 0 aromatic heterocycles. The number of methoxy groups -OCH3 is 2. The predicted octanol–water partition coefficient (Wildman–Crippen LogP) is 5.26. The molecule has 0 radical (unpaired) electrons. The van der Waals surface area contributed by atoms with Crippen molar-refractivity contribution in [1.82, 2.24) is 0 Å². The second kappa shape index (κ2) is 9.64. The van der Waals surface area contributed by atoms with Crippen LogP contribution in [0.1, 0.15) is 12.5 Å². The lowest BCUT2D eigenvalue weighted by atomic mass is 10.00. The van der Waals surface area contributed by atoms with Gasteiger partial charge < -0.3 is 20.1 Å². The molecule has 1 unspecified atom stereocenters. The van der Waals surface area contributed by atoms with Crippen LogP contribution in [0.5, 0.6) is 11.5 Å². The molecule has 0 aliphatic rings. The molecule has 0 spiro atoms. The Balaban J connectivity index is 1.58. The first-order valence-electron chi connectivity index (χ1n) is 9.53. The van der Waals surface area contributed by atoms with E-state index in [0.717, 1.165) is 22.6 Å². The van der Waals surface area contributed by atoms with Crippen LogP contribution in [-0.2, 0) is 11.2 Å². The summed E-state index contributed by atoms with van der Waals surface area (Å²) < 4.78 is 10.6. The highest BCUT2D eigenvalue weighted by Crippen LogP contribution is 2.28. The van der Waals surface area contributed by atoms with Gasteiger partial charge in [-0.1, -0.05) is 31.2 Å². The number of amides is 1. The van der Waals surface area contributed by atoms with Crippen molar-refractivity contribution in [3.8, 4) is 11.5 Å². The average Bonchev–Trinajstić information content (AvgIpc) is 2.75. The fraction of sp³-hybridized carbons (Fsp3) is 0.208. The normalized spacial score (nSPS) is 11.4. The van der Waals surface area contributed by atoms with Crippen molar-refractivity contribution in [2.24, 2.45) is 5.92 Å². The third-order valence-electron chi connectivity index (χ3n) is 4.65. The summed E-state index contributed by atoms with van der Waals surface area (Å²) in [6.07, 6.45) is 0.611. The van der Waals surface area contributed by atoms with Crippen molar-refractivity contribution in [3.05, 3.63) is 78.4 Å². The van der Waals surface area contributed by atoms with E-state index >= 15 is 0 Å². The Kier molecular flexibility index (Phi) is 6.74. The Hall–Kier alpha value is -3.47. The molecule has 0 fully saturated rings. The number of benzene rings is 3. The third kappa shape index (κ3) is 5.51. The van der Waals surface area contributed by atoms with Crippen LogP contribution in [0.4, 0.5) is 17.1 Å². The van der Waals surface area contributed by atoms with E-state index in [1.165, 1.54) is 0 Å². The molecule has 5 heteroatoms. The minimum absolute atomic E-state index is 0.0245. The molecule has 3 aromatic rings. The van der Waals surface area contributed by atoms with E-state index in [0.29, 0.717) is 17.9 Å². The molecule has 0 heterocycles. The summed E-state index contributed by atoms with van der Waals surface area (Å²) >= 11 is 0. The third-order valence-corrected chi connectivity index (χ3v) is 4.65. The molecular weight excluding hydrogens is 364 g/mol. The fourth-order valence-electron chi connectivity index (χ4n) is 3.04. The standard InChI is InChI=1S/C24H26N2O3/c1-17(15-18-9-14-22(28-2)23(16-18)29-3)24(27)26-21-12-10-20(11-13-21)25-19-7-5-4-6-8-19/h4-14,16-17,25H,15H2,1-3H3,(H,26,27). The van der Waals surface area contributed by atoms with E-state index in [1.54, 1.807) is 14.2 Å². The van der Waals surface area contributed by atoms with Crippen LogP contribution in [0.3, 0.4) is 0 Å². The number of nitrogens with one attached hydrogen (secondary N) is 2. The zero-order valence-corrected chi connectivity index (χ0v) is 16.9. The molecule has 1 amide bonds. The van der Waals surface area contributed by atoms with Gasteiger partial charge in [-0.3, -0.25) is 4.79 Å². The van der Waals surface area contributed by atoms with E-state index < -0.39 is 0 Å². The van der Waals surface area contributed by atoms with Gasteiger partial charge in [0, 0.05) is 23.0 Å². The second-order valence-corrected chi connectivity index (χ2v) is 6.85. The van der Waals surface area contributed by atoms with Gasteiger partial charge in [0.1, 0.15) is 0 Å². The van der Waals surface area contributed by atoms with Crippen molar-refractivity contribution in [1.29, 1.82) is 0 Å². The SMILES string of the molecule is COc1ccc(CC(C)C(=O)Nc2ccc(Nc3ccccc3)cc2)cc1OC. The summed E-state index contributed by atoms with van der Waals surface area (Å²) in [5.74, 6) is 1.13. The van der Waals surface area contributed by atoms with Crippen LogP contribution in [0.25, 0.3) is 0 Å². The Labute approximate surface area is 171 Å². The maximum absolute atomic E-state index is 12.6. The first-order chi connectivity index (χ1) is 14.1. The second-order valence-electron chi connectivity index (χ2n) is 6.85. The number of hydrogen-bond acceptors (Lipinski definition) is 4. The number of carbonyl (C=O) groups is 1. The van der Waals surface area contributed by atoms with E-state index in [1.807, 2.05) is 79.7 Å².